The summed E-state index contributed by atoms with van der Waals surface area (Å²) in [6.45, 7) is 4.70. The number of aromatic nitrogens is 2. The lowest BCUT2D eigenvalue weighted by Crippen LogP contribution is -2.33. The molecule has 6 nitrogen and oxygen atoms in total. The molecule has 8 heteroatoms. The van der Waals surface area contributed by atoms with Gasteiger partial charge in [-0.25, -0.2) is 14.2 Å². The molecule has 160 valence electrons. The van der Waals surface area contributed by atoms with Crippen molar-refractivity contribution >= 4 is 28.3 Å². The van der Waals surface area contributed by atoms with Gasteiger partial charge in [0, 0.05) is 31.4 Å². The van der Waals surface area contributed by atoms with E-state index in [4.69, 9.17) is 0 Å². The molecule has 0 N–H and O–H groups in total. The van der Waals surface area contributed by atoms with E-state index in [0.29, 0.717) is 41.6 Å². The third-order valence-corrected chi connectivity index (χ3v) is 6.47. The van der Waals surface area contributed by atoms with Crippen molar-refractivity contribution in [2.45, 2.75) is 39.3 Å². The number of ketones is 1. The molecule has 0 aliphatic carbocycles. The van der Waals surface area contributed by atoms with E-state index in [9.17, 15) is 14.0 Å². The first kappa shape index (κ1) is 21.1. The zero-order valence-corrected chi connectivity index (χ0v) is 18.2. The Morgan fingerprint density at radius 3 is 2.71 bits per heavy atom. The van der Waals surface area contributed by atoms with Crippen LogP contribution in [0.4, 0.5) is 14.3 Å². The van der Waals surface area contributed by atoms with E-state index in [1.165, 1.54) is 23.5 Å². The van der Waals surface area contributed by atoms with Gasteiger partial charge in [0.1, 0.15) is 5.82 Å². The number of pyridine rings is 1. The maximum Gasteiger partial charge on any atom is 0.326 e. The van der Waals surface area contributed by atoms with Gasteiger partial charge in [-0.05, 0) is 50.1 Å². The number of halogens is 1. The van der Waals surface area contributed by atoms with Gasteiger partial charge in [-0.15, -0.1) is 0 Å². The summed E-state index contributed by atoms with van der Waals surface area (Å²) < 4.78 is 13.2. The highest BCUT2D eigenvalue weighted by Crippen LogP contribution is 2.32. The number of hydrogen-bond donors (Lipinski definition) is 0. The van der Waals surface area contributed by atoms with Crippen molar-refractivity contribution in [2.24, 2.45) is 0 Å². The van der Waals surface area contributed by atoms with Crippen LogP contribution in [0.25, 0.3) is 0 Å². The van der Waals surface area contributed by atoms with E-state index in [0.717, 1.165) is 11.3 Å². The second-order valence-electron chi connectivity index (χ2n) is 7.66. The molecule has 0 saturated carbocycles. The van der Waals surface area contributed by atoms with Gasteiger partial charge in [-0.3, -0.25) is 14.7 Å². The molecular formula is C23H23FN4O2S. The average molecular weight is 439 g/mol. The number of hydrogen-bond acceptors (Lipinski definition) is 5. The summed E-state index contributed by atoms with van der Waals surface area (Å²) in [6, 6.07) is 11.6. The number of aryl methyl sites for hydroxylation is 2. The number of nitrogens with zero attached hydrogens (tertiary/aromatic N) is 4. The molecule has 1 aliphatic heterocycles. The number of rotatable bonds is 7. The molecule has 1 saturated heterocycles. The maximum atomic E-state index is 13.2. The number of anilines is 1. The van der Waals surface area contributed by atoms with Crippen molar-refractivity contribution in [1.29, 1.82) is 0 Å². The Morgan fingerprint density at radius 2 is 2.00 bits per heavy atom. The standard InChI is InChI=1S/C23H23FN4O2S/c1-15-13-27(14-17-6-8-18(24)9-7-17)23(30)28(15)22-26-16(2)21(31-22)20(29)11-10-19-5-3-4-12-25-19/h3-9,12,15H,10-11,13-14H2,1-2H3/t15-/m0/s1. The van der Waals surface area contributed by atoms with Gasteiger partial charge in [-0.2, -0.15) is 0 Å². The summed E-state index contributed by atoms with van der Waals surface area (Å²) in [4.78, 5) is 38.5. The fourth-order valence-electron chi connectivity index (χ4n) is 3.68. The zero-order chi connectivity index (χ0) is 22.0. The van der Waals surface area contributed by atoms with Crippen LogP contribution in [0.3, 0.4) is 0 Å². The smallest absolute Gasteiger partial charge is 0.318 e. The molecule has 0 spiro atoms. The summed E-state index contributed by atoms with van der Waals surface area (Å²) in [5.74, 6) is -0.292. The monoisotopic (exact) mass is 438 g/mol. The minimum absolute atomic E-state index is 0.00868. The van der Waals surface area contributed by atoms with Crippen LogP contribution in [-0.4, -0.2) is 39.3 Å². The van der Waals surface area contributed by atoms with E-state index >= 15 is 0 Å². The lowest BCUT2D eigenvalue weighted by Gasteiger charge is -2.17. The van der Waals surface area contributed by atoms with Crippen LogP contribution >= 0.6 is 11.3 Å². The highest BCUT2D eigenvalue weighted by molar-refractivity contribution is 7.17. The van der Waals surface area contributed by atoms with E-state index in [-0.39, 0.29) is 23.7 Å². The van der Waals surface area contributed by atoms with Crippen molar-refractivity contribution in [1.82, 2.24) is 14.9 Å². The van der Waals surface area contributed by atoms with Crippen LogP contribution in [0, 0.1) is 12.7 Å². The van der Waals surface area contributed by atoms with E-state index in [1.807, 2.05) is 25.1 Å². The van der Waals surface area contributed by atoms with E-state index < -0.39 is 0 Å². The van der Waals surface area contributed by atoms with Gasteiger partial charge in [-0.1, -0.05) is 29.5 Å². The molecule has 1 aromatic carbocycles. The minimum atomic E-state index is -0.301. The van der Waals surface area contributed by atoms with Gasteiger partial charge < -0.3 is 4.90 Å². The number of Topliss-reactive ketones (excluding diaryl/α,β-unsaturated/α-hetero) is 1. The SMILES string of the molecule is Cc1nc(N2C(=O)N(Cc3ccc(F)cc3)C[C@@H]2C)sc1C(=O)CCc1ccccn1. The largest absolute Gasteiger partial charge is 0.326 e. The van der Waals surface area contributed by atoms with Crippen LogP contribution < -0.4 is 4.90 Å². The molecule has 0 bridgehead atoms. The first-order valence-electron chi connectivity index (χ1n) is 10.2. The Morgan fingerprint density at radius 1 is 1.23 bits per heavy atom. The van der Waals surface area contributed by atoms with Gasteiger partial charge >= 0.3 is 6.03 Å². The topological polar surface area (TPSA) is 66.4 Å². The van der Waals surface area contributed by atoms with Crippen LogP contribution in [-0.2, 0) is 13.0 Å². The Balaban J connectivity index is 1.46. The summed E-state index contributed by atoms with van der Waals surface area (Å²) in [7, 11) is 0. The lowest BCUT2D eigenvalue weighted by atomic mass is 10.1. The number of carbonyl (C=O) groups excluding carboxylic acids is 2. The molecule has 31 heavy (non-hydrogen) atoms. The first-order chi connectivity index (χ1) is 14.9. The number of thiazole rings is 1. The Kier molecular flexibility index (Phi) is 6.08. The molecule has 1 aliphatic rings. The predicted molar refractivity (Wildman–Crippen MR) is 118 cm³/mol. The normalized spacial score (nSPS) is 16.2. The highest BCUT2D eigenvalue weighted by Gasteiger charge is 2.37. The predicted octanol–water partition coefficient (Wildman–Crippen LogP) is 4.63. The van der Waals surface area contributed by atoms with Crippen LogP contribution in [0.5, 0.6) is 0 Å². The van der Waals surface area contributed by atoms with Crippen molar-refractivity contribution in [3.05, 3.63) is 76.3 Å². The van der Waals surface area contributed by atoms with Gasteiger partial charge in [0.15, 0.2) is 10.9 Å². The van der Waals surface area contributed by atoms with Crippen molar-refractivity contribution < 1.29 is 14.0 Å². The molecule has 2 amide bonds. The lowest BCUT2D eigenvalue weighted by molar-refractivity contribution is 0.0985. The van der Waals surface area contributed by atoms with Crippen molar-refractivity contribution in [2.75, 3.05) is 11.4 Å². The maximum absolute atomic E-state index is 13.2. The number of carbonyl (C=O) groups is 2. The van der Waals surface area contributed by atoms with Crippen molar-refractivity contribution in [3.8, 4) is 0 Å². The molecule has 0 unspecified atom stereocenters. The summed E-state index contributed by atoms with van der Waals surface area (Å²) in [6.07, 6.45) is 2.63. The minimum Gasteiger partial charge on any atom is -0.318 e. The summed E-state index contributed by atoms with van der Waals surface area (Å²) in [5, 5.41) is 0.540. The van der Waals surface area contributed by atoms with E-state index in [1.54, 1.807) is 35.1 Å². The molecule has 1 fully saturated rings. The van der Waals surface area contributed by atoms with E-state index in [2.05, 4.69) is 9.97 Å². The first-order valence-corrected chi connectivity index (χ1v) is 11.0. The zero-order valence-electron chi connectivity index (χ0n) is 17.4. The third kappa shape index (κ3) is 4.64. The molecule has 3 aromatic rings. The fourth-order valence-corrected chi connectivity index (χ4v) is 4.81. The van der Waals surface area contributed by atoms with Crippen LogP contribution in [0.15, 0.2) is 48.7 Å². The summed E-state index contributed by atoms with van der Waals surface area (Å²) in [5.41, 5.74) is 2.38. The molecule has 3 heterocycles. The van der Waals surface area contributed by atoms with Gasteiger partial charge in [0.05, 0.1) is 16.6 Å². The molecule has 1 atom stereocenters. The molecular weight excluding hydrogens is 415 g/mol. The van der Waals surface area contributed by atoms with Gasteiger partial charge in [0.2, 0.25) is 0 Å². The Bertz CT molecular complexity index is 1080. The fraction of sp³-hybridized carbons (Fsp3) is 0.304. The Labute approximate surface area is 184 Å². The van der Waals surface area contributed by atoms with Gasteiger partial charge in [0.25, 0.3) is 0 Å². The Hall–Kier alpha value is -3.13. The molecule has 0 radical (unpaired) electrons. The quantitative estimate of drug-likeness (QED) is 0.505. The average Bonchev–Trinajstić information content (AvgIpc) is 3.27. The molecule has 4 rings (SSSR count). The second-order valence-corrected chi connectivity index (χ2v) is 8.64. The third-order valence-electron chi connectivity index (χ3n) is 5.27. The second kappa shape index (κ2) is 8.93. The highest BCUT2D eigenvalue weighted by atomic mass is 32.1. The number of benzene rings is 1. The van der Waals surface area contributed by atoms with Crippen LogP contribution in [0.2, 0.25) is 0 Å². The summed E-state index contributed by atoms with van der Waals surface area (Å²) >= 11 is 1.27. The molecule has 2 aromatic heterocycles. The number of amides is 2. The number of urea groups is 1. The van der Waals surface area contributed by atoms with Crippen LogP contribution in [0.1, 0.15) is 40.0 Å². The van der Waals surface area contributed by atoms with Crippen molar-refractivity contribution in [3.63, 3.8) is 0 Å².